The van der Waals surface area contributed by atoms with Crippen LogP contribution in [0.25, 0.3) is 11.4 Å². The highest BCUT2D eigenvalue weighted by Gasteiger charge is 2.25. The molecule has 30 heavy (non-hydrogen) atoms. The fourth-order valence-electron chi connectivity index (χ4n) is 3.67. The minimum atomic E-state index is -0.431. The lowest BCUT2D eigenvalue weighted by molar-refractivity contribution is 0.116. The fourth-order valence-corrected chi connectivity index (χ4v) is 3.67. The number of ether oxygens (including phenoxy) is 1. The van der Waals surface area contributed by atoms with Crippen molar-refractivity contribution in [3.63, 3.8) is 0 Å². The predicted octanol–water partition coefficient (Wildman–Crippen LogP) is 3.39. The number of halogens is 1. The van der Waals surface area contributed by atoms with E-state index >= 15 is 0 Å². The summed E-state index contributed by atoms with van der Waals surface area (Å²) < 4.78 is 18.7. The van der Waals surface area contributed by atoms with Crippen LogP contribution in [-0.2, 0) is 4.74 Å². The third-order valence-electron chi connectivity index (χ3n) is 5.28. The van der Waals surface area contributed by atoms with Gasteiger partial charge in [-0.1, -0.05) is 12.8 Å². The first-order valence-corrected chi connectivity index (χ1v) is 9.88. The van der Waals surface area contributed by atoms with E-state index in [0.717, 1.165) is 25.7 Å². The zero-order valence-corrected chi connectivity index (χ0v) is 16.5. The molecule has 1 fully saturated rings. The van der Waals surface area contributed by atoms with Crippen LogP contribution in [0.4, 0.5) is 10.3 Å². The van der Waals surface area contributed by atoms with E-state index in [1.807, 2.05) is 0 Å². The van der Waals surface area contributed by atoms with Crippen molar-refractivity contribution in [2.24, 2.45) is 5.73 Å². The van der Waals surface area contributed by atoms with Gasteiger partial charge in [-0.15, -0.1) is 0 Å². The van der Waals surface area contributed by atoms with Crippen molar-refractivity contribution in [1.82, 2.24) is 14.9 Å². The van der Waals surface area contributed by atoms with Gasteiger partial charge in [0.05, 0.1) is 29.2 Å². The van der Waals surface area contributed by atoms with Crippen LogP contribution in [0.1, 0.15) is 36.9 Å². The number of aliphatic hydroxyl groups is 1. The molecule has 7 nitrogen and oxygen atoms in total. The van der Waals surface area contributed by atoms with E-state index in [4.69, 9.17) is 10.5 Å². The van der Waals surface area contributed by atoms with Crippen molar-refractivity contribution in [3.8, 4) is 0 Å². The topological polar surface area (TPSA) is 96.5 Å². The highest BCUT2D eigenvalue weighted by atomic mass is 19.1. The largest absolute Gasteiger partial charge is 0.447 e. The lowest BCUT2D eigenvalue weighted by atomic mass is 9.93. The summed E-state index contributed by atoms with van der Waals surface area (Å²) in [7, 11) is 0. The van der Waals surface area contributed by atoms with Crippen LogP contribution in [0.2, 0.25) is 0 Å². The number of rotatable bonds is 5. The van der Waals surface area contributed by atoms with Gasteiger partial charge in [0.25, 0.3) is 0 Å². The van der Waals surface area contributed by atoms with Gasteiger partial charge in [-0.05, 0) is 55.3 Å². The van der Waals surface area contributed by atoms with E-state index in [1.165, 1.54) is 18.4 Å². The molecule has 2 atom stereocenters. The van der Waals surface area contributed by atoms with Crippen LogP contribution < -0.4 is 11.1 Å². The molecule has 0 amide bonds. The number of benzene rings is 1. The lowest BCUT2D eigenvalue weighted by Crippen LogP contribution is -2.36. The molecule has 156 valence electrons. The van der Waals surface area contributed by atoms with E-state index in [0.29, 0.717) is 34.5 Å². The molecule has 1 aromatic heterocycles. The Kier molecular flexibility index (Phi) is 5.67. The fraction of sp³-hybridized carbons (Fsp3) is 0.273. The minimum absolute atomic E-state index is 0.0964. The molecule has 0 radical (unpaired) electrons. The van der Waals surface area contributed by atoms with Gasteiger partial charge in [-0.25, -0.2) is 14.4 Å². The quantitative estimate of drug-likeness (QED) is 0.696. The molecule has 1 saturated carbocycles. The number of hydrogen-bond donors (Lipinski definition) is 3. The first-order chi connectivity index (χ1) is 14.5. The number of nitrogens with one attached hydrogen (secondary N) is 1. The number of aliphatic hydroxyl groups excluding tert-OH is 1. The second-order valence-corrected chi connectivity index (χ2v) is 7.30. The highest BCUT2D eigenvalue weighted by molar-refractivity contribution is 5.88. The van der Waals surface area contributed by atoms with Crippen molar-refractivity contribution in [2.75, 3.05) is 5.32 Å². The van der Waals surface area contributed by atoms with Gasteiger partial charge < -0.3 is 20.9 Å². The van der Waals surface area contributed by atoms with Gasteiger partial charge in [0.2, 0.25) is 5.95 Å². The third-order valence-corrected chi connectivity index (χ3v) is 5.28. The summed E-state index contributed by atoms with van der Waals surface area (Å²) >= 11 is 0. The Morgan fingerprint density at radius 1 is 1.23 bits per heavy atom. The molecule has 2 aromatic rings. The number of hydrogen-bond acceptors (Lipinski definition) is 7. The average molecular weight is 409 g/mol. The molecule has 1 aromatic carbocycles. The van der Waals surface area contributed by atoms with Crippen LogP contribution >= 0.6 is 0 Å². The summed E-state index contributed by atoms with van der Waals surface area (Å²) in [6.45, 7) is 3.90. The first kappa shape index (κ1) is 19.9. The smallest absolute Gasteiger partial charge is 0.223 e. The minimum Gasteiger partial charge on any atom is -0.447 e. The monoisotopic (exact) mass is 409 g/mol. The normalized spacial score (nSPS) is 21.9. The van der Waals surface area contributed by atoms with Crippen LogP contribution in [0.5, 0.6) is 0 Å². The molecule has 1 aliphatic carbocycles. The maximum absolute atomic E-state index is 13.4. The van der Waals surface area contributed by atoms with Crippen molar-refractivity contribution < 1.29 is 14.2 Å². The molecule has 1 aliphatic heterocycles. The van der Waals surface area contributed by atoms with E-state index < -0.39 is 6.10 Å². The summed E-state index contributed by atoms with van der Waals surface area (Å²) in [4.78, 5) is 10.6. The molecule has 0 bridgehead atoms. The van der Waals surface area contributed by atoms with Gasteiger partial charge in [-0.2, -0.15) is 0 Å². The Bertz CT molecular complexity index is 989. The van der Waals surface area contributed by atoms with Gasteiger partial charge >= 0.3 is 0 Å². The average Bonchev–Trinajstić information content (AvgIpc) is 3.16. The molecule has 4 rings (SSSR count). The van der Waals surface area contributed by atoms with E-state index in [9.17, 15) is 9.50 Å². The third kappa shape index (κ3) is 4.13. The van der Waals surface area contributed by atoms with Crippen LogP contribution in [0.15, 0.2) is 61.5 Å². The van der Waals surface area contributed by atoms with Crippen molar-refractivity contribution in [3.05, 3.63) is 78.5 Å². The van der Waals surface area contributed by atoms with Crippen LogP contribution in [0, 0.1) is 5.82 Å². The molecule has 2 heterocycles. The number of anilines is 1. The van der Waals surface area contributed by atoms with Crippen LogP contribution in [-0.4, -0.2) is 32.1 Å². The molecular formula is C22H24FN5O2. The Morgan fingerprint density at radius 3 is 2.70 bits per heavy atom. The molecule has 0 saturated heterocycles. The van der Waals surface area contributed by atoms with E-state index in [1.54, 1.807) is 35.5 Å². The molecule has 1 unspecified atom stereocenters. The summed E-state index contributed by atoms with van der Waals surface area (Å²) in [5.41, 5.74) is 8.58. The predicted molar refractivity (Wildman–Crippen MR) is 113 cm³/mol. The Hall–Kier alpha value is -3.39. The Labute approximate surface area is 174 Å². The van der Waals surface area contributed by atoms with Gasteiger partial charge in [-0.3, -0.25) is 4.90 Å². The standard InChI is InChI=1S/C22H24FN5O2/c1-14-28(12-13-30-14)21(20(24)15-6-8-16(23)9-7-15)18-10-11-25-22(27-18)26-17-4-2-3-5-19(17)29/h6-13,17,19,29H,1-5,24H2,(H,25,26,27)/b21-20-/t17?,19-/m0/s1. The molecule has 8 heteroatoms. The van der Waals surface area contributed by atoms with Gasteiger partial charge in [0.1, 0.15) is 12.1 Å². The van der Waals surface area contributed by atoms with E-state index in [-0.39, 0.29) is 11.9 Å². The zero-order chi connectivity index (χ0) is 21.1. The summed E-state index contributed by atoms with van der Waals surface area (Å²) in [5, 5.41) is 13.5. The molecule has 4 N–H and O–H groups in total. The second-order valence-electron chi connectivity index (χ2n) is 7.30. The van der Waals surface area contributed by atoms with Gasteiger partial charge in [0, 0.05) is 12.4 Å². The maximum atomic E-state index is 13.4. The molecule has 2 aliphatic rings. The first-order valence-electron chi connectivity index (χ1n) is 9.88. The maximum Gasteiger partial charge on any atom is 0.223 e. The summed E-state index contributed by atoms with van der Waals surface area (Å²) in [5.74, 6) is 0.421. The SMILES string of the molecule is C=C1OC=CN1/C(=C(\N)c1ccc(F)cc1)c1ccnc(NC2CCCC[C@@H]2O)n1. The Morgan fingerprint density at radius 2 is 2.00 bits per heavy atom. The second kappa shape index (κ2) is 8.54. The van der Waals surface area contributed by atoms with Crippen LogP contribution in [0.3, 0.4) is 0 Å². The summed E-state index contributed by atoms with van der Waals surface area (Å²) in [6.07, 6.45) is 8.07. The van der Waals surface area contributed by atoms with E-state index in [2.05, 4.69) is 21.9 Å². The van der Waals surface area contributed by atoms with Crippen molar-refractivity contribution in [2.45, 2.75) is 37.8 Å². The number of nitrogens with zero attached hydrogens (tertiary/aromatic N) is 3. The molecule has 0 spiro atoms. The zero-order valence-electron chi connectivity index (χ0n) is 16.5. The molecular weight excluding hydrogens is 385 g/mol. The number of aromatic nitrogens is 2. The lowest BCUT2D eigenvalue weighted by Gasteiger charge is -2.28. The highest BCUT2D eigenvalue weighted by Crippen LogP contribution is 2.32. The van der Waals surface area contributed by atoms with Gasteiger partial charge in [0.15, 0.2) is 5.88 Å². The summed E-state index contributed by atoms with van der Waals surface area (Å²) in [6, 6.07) is 7.54. The number of nitrogens with two attached hydrogens (primary N) is 1. The van der Waals surface area contributed by atoms with Crippen molar-refractivity contribution in [1.29, 1.82) is 0 Å². The Balaban J connectivity index is 1.72. The van der Waals surface area contributed by atoms with Crippen molar-refractivity contribution >= 4 is 17.3 Å².